The molecule has 1 unspecified atom stereocenters. The largest absolute Gasteiger partial charge is 0.346 e. The molecule has 0 aliphatic carbocycles. The summed E-state index contributed by atoms with van der Waals surface area (Å²) in [6.45, 7) is 6.14. The highest BCUT2D eigenvalue weighted by molar-refractivity contribution is 7.87. The Hall–Kier alpha value is -0.840. The lowest BCUT2D eigenvalue weighted by Crippen LogP contribution is -2.23. The fraction of sp³-hybridized carbons (Fsp3) is 0.903. The van der Waals surface area contributed by atoms with Gasteiger partial charge in [0.05, 0.1) is 5.25 Å². The first-order chi connectivity index (χ1) is 17.4. The van der Waals surface area contributed by atoms with Crippen LogP contribution < -0.4 is 0 Å². The molecule has 0 bridgehead atoms. The summed E-state index contributed by atoms with van der Waals surface area (Å²) in [5.74, 6) is -0.591. The van der Waals surface area contributed by atoms with Crippen LogP contribution in [0.2, 0.25) is 0 Å². The van der Waals surface area contributed by atoms with E-state index in [1.807, 2.05) is 0 Å². The minimum atomic E-state index is -3.80. The van der Waals surface area contributed by atoms with Crippen LogP contribution in [0.5, 0.6) is 0 Å². The number of unbranched alkanes of at least 4 members (excludes halogenated alkanes) is 19. The molecule has 0 fully saturated rings. The molecule has 0 aromatic rings. The molecule has 5 heteroatoms. The monoisotopic (exact) mass is 528 g/mol. The van der Waals surface area contributed by atoms with Gasteiger partial charge in [-0.2, -0.15) is 8.42 Å². The minimum absolute atomic E-state index is 0.197. The molecule has 0 aliphatic rings. The molecule has 0 aromatic carbocycles. The molecule has 1 atom stereocenters. The molecule has 0 saturated carbocycles. The van der Waals surface area contributed by atoms with Crippen LogP contribution in [-0.2, 0) is 19.1 Å². The lowest BCUT2D eigenvalue weighted by molar-refractivity contribution is -0.134. The first-order valence-electron chi connectivity index (χ1n) is 15.5. The van der Waals surface area contributed by atoms with Gasteiger partial charge in [-0.3, -0.25) is 4.79 Å². The van der Waals surface area contributed by atoms with E-state index in [4.69, 9.17) is 4.18 Å². The second kappa shape index (κ2) is 25.8. The lowest BCUT2D eigenvalue weighted by atomic mass is 10.1. The number of carbonyl (C=O) groups is 1. The fourth-order valence-electron chi connectivity index (χ4n) is 4.48. The Morgan fingerprint density at radius 3 is 1.47 bits per heavy atom. The van der Waals surface area contributed by atoms with Crippen molar-refractivity contribution in [3.8, 4) is 0 Å². The van der Waals surface area contributed by atoms with Gasteiger partial charge in [-0.05, 0) is 45.4 Å². The standard InChI is InChI=1S/C31H60O4S/c1-4-6-8-10-12-14-15-16-17-18-19-21-23-25-27-29-31(32)35-36(33,34)30(3)28-26-24-22-20-13-11-9-7-5-2/h16-17,30H,4-15,18-29H2,1-3H3/b17-16-. The molecular formula is C31H60O4S. The van der Waals surface area contributed by atoms with E-state index in [9.17, 15) is 13.2 Å². The molecule has 36 heavy (non-hydrogen) atoms. The molecule has 4 nitrogen and oxygen atoms in total. The average molecular weight is 529 g/mol. The first kappa shape index (κ1) is 35.2. The Labute approximate surface area is 225 Å². The van der Waals surface area contributed by atoms with Gasteiger partial charge in [0.15, 0.2) is 0 Å². The van der Waals surface area contributed by atoms with Crippen molar-refractivity contribution in [2.75, 3.05) is 0 Å². The molecule has 214 valence electrons. The Bertz CT molecular complexity index is 612. The summed E-state index contributed by atoms with van der Waals surface area (Å²) in [7, 11) is -3.80. The Kier molecular flexibility index (Phi) is 25.2. The number of allylic oxidation sites excluding steroid dienone is 2. The van der Waals surface area contributed by atoms with E-state index in [0.717, 1.165) is 44.9 Å². The topological polar surface area (TPSA) is 60.4 Å². The van der Waals surface area contributed by atoms with Crippen molar-refractivity contribution in [1.29, 1.82) is 0 Å². The van der Waals surface area contributed by atoms with Crippen LogP contribution in [0, 0.1) is 0 Å². The Morgan fingerprint density at radius 1 is 0.611 bits per heavy atom. The fourth-order valence-corrected chi connectivity index (χ4v) is 5.44. The van der Waals surface area contributed by atoms with Crippen LogP contribution in [0.25, 0.3) is 0 Å². The first-order valence-corrected chi connectivity index (χ1v) is 17.0. The third-order valence-corrected chi connectivity index (χ3v) is 8.70. The Balaban J connectivity index is 3.64. The molecule has 0 rings (SSSR count). The zero-order valence-corrected chi connectivity index (χ0v) is 25.1. The van der Waals surface area contributed by atoms with Gasteiger partial charge in [0.1, 0.15) is 0 Å². The molecule has 0 N–H and O–H groups in total. The van der Waals surface area contributed by atoms with E-state index in [0.29, 0.717) is 12.8 Å². The van der Waals surface area contributed by atoms with Gasteiger partial charge >= 0.3 is 16.1 Å². The molecule has 0 saturated heterocycles. The quantitative estimate of drug-likeness (QED) is 0.0604. The maximum atomic E-state index is 12.3. The summed E-state index contributed by atoms with van der Waals surface area (Å²) < 4.78 is 29.5. The van der Waals surface area contributed by atoms with Crippen LogP contribution in [-0.4, -0.2) is 19.6 Å². The van der Waals surface area contributed by atoms with E-state index in [2.05, 4.69) is 26.0 Å². The highest BCUT2D eigenvalue weighted by Crippen LogP contribution is 2.17. The molecule has 0 radical (unpaired) electrons. The van der Waals surface area contributed by atoms with Gasteiger partial charge in [0.2, 0.25) is 0 Å². The maximum Gasteiger partial charge on any atom is 0.322 e. The molecular weight excluding hydrogens is 468 g/mol. The van der Waals surface area contributed by atoms with Gasteiger partial charge < -0.3 is 4.18 Å². The summed E-state index contributed by atoms with van der Waals surface area (Å²) in [6, 6.07) is 0. The van der Waals surface area contributed by atoms with Crippen molar-refractivity contribution < 1.29 is 17.4 Å². The van der Waals surface area contributed by atoms with Gasteiger partial charge in [-0.1, -0.05) is 135 Å². The Morgan fingerprint density at radius 2 is 1.00 bits per heavy atom. The van der Waals surface area contributed by atoms with Crippen molar-refractivity contribution in [2.45, 2.75) is 180 Å². The number of hydrogen-bond acceptors (Lipinski definition) is 4. The summed E-state index contributed by atoms with van der Waals surface area (Å²) in [4.78, 5) is 12.0. The zero-order chi connectivity index (χ0) is 26.7. The number of rotatable bonds is 27. The zero-order valence-electron chi connectivity index (χ0n) is 24.2. The van der Waals surface area contributed by atoms with E-state index in [1.54, 1.807) is 6.92 Å². The minimum Gasteiger partial charge on any atom is -0.346 e. The number of carbonyl (C=O) groups excluding carboxylic acids is 1. The van der Waals surface area contributed by atoms with Crippen LogP contribution >= 0.6 is 0 Å². The maximum absolute atomic E-state index is 12.3. The van der Waals surface area contributed by atoms with Gasteiger partial charge in [0, 0.05) is 6.42 Å². The summed E-state index contributed by atoms with van der Waals surface area (Å²) in [5, 5.41) is -0.611. The van der Waals surface area contributed by atoms with Crippen molar-refractivity contribution in [2.24, 2.45) is 0 Å². The molecule has 0 aliphatic heterocycles. The second-order valence-electron chi connectivity index (χ2n) is 10.7. The van der Waals surface area contributed by atoms with Crippen LogP contribution in [0.15, 0.2) is 12.2 Å². The average Bonchev–Trinajstić information content (AvgIpc) is 2.85. The molecule has 0 spiro atoms. The third-order valence-electron chi connectivity index (χ3n) is 7.06. The predicted octanol–water partition coefficient (Wildman–Crippen LogP) is 10.2. The smallest absolute Gasteiger partial charge is 0.322 e. The SMILES string of the molecule is CCCCCCCC/C=C\CCCCCCCC(=O)OS(=O)(=O)C(C)CCCCCCCCCCC. The van der Waals surface area contributed by atoms with Crippen LogP contribution in [0.4, 0.5) is 0 Å². The molecule has 0 amide bonds. The van der Waals surface area contributed by atoms with Crippen molar-refractivity contribution in [3.05, 3.63) is 12.2 Å². The summed E-state index contributed by atoms with van der Waals surface area (Å²) in [5.41, 5.74) is 0. The summed E-state index contributed by atoms with van der Waals surface area (Å²) in [6.07, 6.45) is 31.7. The van der Waals surface area contributed by atoms with E-state index in [-0.39, 0.29) is 6.42 Å². The predicted molar refractivity (Wildman–Crippen MR) is 156 cm³/mol. The van der Waals surface area contributed by atoms with Gasteiger partial charge in [0.25, 0.3) is 0 Å². The van der Waals surface area contributed by atoms with Crippen molar-refractivity contribution in [1.82, 2.24) is 0 Å². The van der Waals surface area contributed by atoms with E-state index < -0.39 is 21.3 Å². The van der Waals surface area contributed by atoms with Crippen molar-refractivity contribution >= 4 is 16.1 Å². The van der Waals surface area contributed by atoms with Crippen LogP contribution in [0.3, 0.4) is 0 Å². The molecule has 0 aromatic heterocycles. The second-order valence-corrected chi connectivity index (χ2v) is 12.7. The summed E-state index contributed by atoms with van der Waals surface area (Å²) >= 11 is 0. The van der Waals surface area contributed by atoms with Gasteiger partial charge in [-0.25, -0.2) is 0 Å². The molecule has 0 heterocycles. The normalized spacial score (nSPS) is 12.9. The highest BCUT2D eigenvalue weighted by Gasteiger charge is 2.24. The lowest BCUT2D eigenvalue weighted by Gasteiger charge is -2.12. The third kappa shape index (κ3) is 23.6. The van der Waals surface area contributed by atoms with Crippen molar-refractivity contribution in [3.63, 3.8) is 0 Å². The van der Waals surface area contributed by atoms with Crippen LogP contribution in [0.1, 0.15) is 175 Å². The van der Waals surface area contributed by atoms with E-state index in [1.165, 1.54) is 89.9 Å². The number of hydrogen-bond donors (Lipinski definition) is 0. The van der Waals surface area contributed by atoms with E-state index >= 15 is 0 Å². The van der Waals surface area contributed by atoms with Gasteiger partial charge in [-0.15, -0.1) is 0 Å². The highest BCUT2D eigenvalue weighted by atomic mass is 32.2.